The van der Waals surface area contributed by atoms with E-state index in [0.717, 1.165) is 27.8 Å². The molecule has 1 fully saturated rings. The molecule has 7 nitrogen and oxygen atoms in total. The Labute approximate surface area is 162 Å². The number of ether oxygens (including phenoxy) is 3. The Kier molecular flexibility index (Phi) is 6.20. The van der Waals surface area contributed by atoms with Gasteiger partial charge in [-0.15, -0.1) is 0 Å². The van der Waals surface area contributed by atoms with Crippen LogP contribution in [-0.4, -0.2) is 48.4 Å². The van der Waals surface area contributed by atoms with Crippen molar-refractivity contribution in [2.24, 2.45) is 0 Å². The zero-order valence-corrected chi connectivity index (χ0v) is 17.1. The van der Waals surface area contributed by atoms with Gasteiger partial charge in [0.05, 0.1) is 19.1 Å². The first-order chi connectivity index (χ1) is 12.6. The van der Waals surface area contributed by atoms with E-state index < -0.39 is 29.3 Å². The summed E-state index contributed by atoms with van der Waals surface area (Å²) in [5, 5.41) is -0.504. The maximum absolute atomic E-state index is 12.6. The summed E-state index contributed by atoms with van der Waals surface area (Å²) >= 11 is 0.787. The highest BCUT2D eigenvalue weighted by Crippen LogP contribution is 2.36. The van der Waals surface area contributed by atoms with Crippen molar-refractivity contribution in [3.63, 3.8) is 0 Å². The van der Waals surface area contributed by atoms with Gasteiger partial charge in [0.15, 0.2) is 11.5 Å². The van der Waals surface area contributed by atoms with E-state index in [1.165, 1.54) is 7.11 Å². The van der Waals surface area contributed by atoms with Crippen molar-refractivity contribution in [2.75, 3.05) is 20.8 Å². The van der Waals surface area contributed by atoms with Gasteiger partial charge < -0.3 is 14.2 Å². The molecule has 0 saturated carbocycles. The second-order valence-electron chi connectivity index (χ2n) is 6.92. The summed E-state index contributed by atoms with van der Waals surface area (Å²) in [7, 11) is 3.06. The molecule has 0 atom stereocenters. The number of nitrogens with zero attached hydrogens (tertiary/aromatic N) is 1. The van der Waals surface area contributed by atoms with Crippen molar-refractivity contribution in [1.29, 1.82) is 0 Å². The van der Waals surface area contributed by atoms with Crippen molar-refractivity contribution < 1.29 is 28.6 Å². The number of hydrogen-bond acceptors (Lipinski definition) is 7. The van der Waals surface area contributed by atoms with E-state index in [9.17, 15) is 14.4 Å². The molecule has 8 heteroatoms. The number of methoxy groups -OCH3 is 2. The maximum atomic E-state index is 12.6. The van der Waals surface area contributed by atoms with Gasteiger partial charge in [-0.2, -0.15) is 0 Å². The largest absolute Gasteiger partial charge is 0.493 e. The number of thioether (sulfide) groups is 1. The van der Waals surface area contributed by atoms with Crippen LogP contribution in [0.25, 0.3) is 6.08 Å². The molecule has 0 N–H and O–H groups in total. The number of carbonyl (C=O) groups is 3. The molecule has 1 aromatic rings. The van der Waals surface area contributed by atoms with Gasteiger partial charge in [-0.1, -0.05) is 0 Å². The van der Waals surface area contributed by atoms with Crippen LogP contribution in [0.4, 0.5) is 4.79 Å². The predicted molar refractivity (Wildman–Crippen MR) is 103 cm³/mol. The molecule has 0 bridgehead atoms. The lowest BCUT2D eigenvalue weighted by Crippen LogP contribution is -2.37. The summed E-state index contributed by atoms with van der Waals surface area (Å²) in [4.78, 5) is 37.8. The molecule has 1 aliphatic rings. The molecule has 1 saturated heterocycles. The third-order valence-electron chi connectivity index (χ3n) is 3.64. The van der Waals surface area contributed by atoms with Gasteiger partial charge in [-0.3, -0.25) is 19.3 Å². The second kappa shape index (κ2) is 8.04. The molecule has 1 aromatic carbocycles. The van der Waals surface area contributed by atoms with Gasteiger partial charge in [-0.05, 0) is 68.8 Å². The predicted octanol–water partition coefficient (Wildman–Crippen LogP) is 3.39. The Morgan fingerprint density at radius 3 is 2.30 bits per heavy atom. The second-order valence-corrected chi connectivity index (χ2v) is 7.91. The van der Waals surface area contributed by atoms with Crippen LogP contribution >= 0.6 is 11.8 Å². The Morgan fingerprint density at radius 1 is 1.15 bits per heavy atom. The van der Waals surface area contributed by atoms with Gasteiger partial charge in [0.1, 0.15) is 12.1 Å². The van der Waals surface area contributed by atoms with Crippen molar-refractivity contribution in [3.8, 4) is 11.5 Å². The van der Waals surface area contributed by atoms with Crippen LogP contribution in [0, 0.1) is 6.92 Å². The highest BCUT2D eigenvalue weighted by Gasteiger charge is 2.37. The molecule has 0 unspecified atom stereocenters. The van der Waals surface area contributed by atoms with Gasteiger partial charge in [0, 0.05) is 0 Å². The number of aryl methyl sites for hydroxylation is 1. The number of carbonyl (C=O) groups excluding carboxylic acids is 3. The summed E-state index contributed by atoms with van der Waals surface area (Å²) in [5.41, 5.74) is 0.882. The van der Waals surface area contributed by atoms with E-state index >= 15 is 0 Å². The normalized spacial score (nSPS) is 16.1. The van der Waals surface area contributed by atoms with Crippen molar-refractivity contribution >= 4 is 35.0 Å². The minimum Gasteiger partial charge on any atom is -0.493 e. The summed E-state index contributed by atoms with van der Waals surface area (Å²) in [5.74, 6) is -0.0640. The fourth-order valence-corrected chi connectivity index (χ4v) is 3.26. The number of hydrogen-bond donors (Lipinski definition) is 0. The van der Waals surface area contributed by atoms with E-state index in [-0.39, 0.29) is 4.91 Å². The fourth-order valence-electron chi connectivity index (χ4n) is 2.43. The first-order valence-electron chi connectivity index (χ1n) is 8.25. The highest BCUT2D eigenvalue weighted by atomic mass is 32.2. The molecule has 1 heterocycles. The monoisotopic (exact) mass is 393 g/mol. The molecule has 0 aromatic heterocycles. The summed E-state index contributed by atoms with van der Waals surface area (Å²) in [6.45, 7) is 6.61. The molecule has 1 aliphatic heterocycles. The summed E-state index contributed by atoms with van der Waals surface area (Å²) in [6.07, 6.45) is 1.61. The third kappa shape index (κ3) is 5.03. The van der Waals surface area contributed by atoms with Gasteiger partial charge in [0.25, 0.3) is 11.1 Å². The zero-order valence-electron chi connectivity index (χ0n) is 16.2. The Morgan fingerprint density at radius 2 is 1.74 bits per heavy atom. The van der Waals surface area contributed by atoms with Crippen LogP contribution in [0.15, 0.2) is 17.0 Å². The molecule has 2 rings (SSSR count). The van der Waals surface area contributed by atoms with Crippen LogP contribution < -0.4 is 9.47 Å². The third-order valence-corrected chi connectivity index (χ3v) is 4.55. The lowest BCUT2D eigenvalue weighted by molar-refractivity contribution is -0.156. The topological polar surface area (TPSA) is 82.1 Å². The van der Waals surface area contributed by atoms with Crippen LogP contribution in [-0.2, 0) is 14.3 Å². The summed E-state index contributed by atoms with van der Waals surface area (Å²) < 4.78 is 15.7. The zero-order chi connectivity index (χ0) is 20.4. The Hall–Kier alpha value is -2.48. The molecule has 2 amide bonds. The summed E-state index contributed by atoms with van der Waals surface area (Å²) in [6, 6.07) is 3.52. The molecule has 0 radical (unpaired) electrons. The average Bonchev–Trinajstić information content (AvgIpc) is 2.82. The van der Waals surface area contributed by atoms with Crippen molar-refractivity contribution in [2.45, 2.75) is 33.3 Å². The van der Waals surface area contributed by atoms with E-state index in [0.29, 0.717) is 11.5 Å². The number of amides is 2. The molecule has 0 aliphatic carbocycles. The minimum atomic E-state index is -0.689. The van der Waals surface area contributed by atoms with Crippen LogP contribution in [0.3, 0.4) is 0 Å². The molecule has 27 heavy (non-hydrogen) atoms. The van der Waals surface area contributed by atoms with E-state index in [2.05, 4.69) is 0 Å². The van der Waals surface area contributed by atoms with E-state index in [1.807, 2.05) is 6.92 Å². The smallest absolute Gasteiger partial charge is 0.326 e. The van der Waals surface area contributed by atoms with E-state index in [4.69, 9.17) is 14.2 Å². The average molecular weight is 393 g/mol. The lowest BCUT2D eigenvalue weighted by Gasteiger charge is -2.21. The Balaban J connectivity index is 2.25. The van der Waals surface area contributed by atoms with Crippen LogP contribution in [0.1, 0.15) is 31.9 Å². The fraction of sp³-hybridized carbons (Fsp3) is 0.421. The molecular formula is C19H23NO6S. The molecule has 0 spiro atoms. The first-order valence-corrected chi connectivity index (χ1v) is 9.07. The van der Waals surface area contributed by atoms with Gasteiger partial charge >= 0.3 is 5.97 Å². The lowest BCUT2D eigenvalue weighted by atomic mass is 10.1. The van der Waals surface area contributed by atoms with Gasteiger partial charge in [-0.25, -0.2) is 0 Å². The van der Waals surface area contributed by atoms with E-state index in [1.54, 1.807) is 46.1 Å². The first kappa shape index (κ1) is 20.8. The Bertz CT molecular complexity index is 809. The van der Waals surface area contributed by atoms with Crippen molar-refractivity contribution in [3.05, 3.63) is 28.2 Å². The van der Waals surface area contributed by atoms with Crippen molar-refractivity contribution in [1.82, 2.24) is 4.90 Å². The molecule has 146 valence electrons. The van der Waals surface area contributed by atoms with Crippen LogP contribution in [0.5, 0.6) is 11.5 Å². The number of rotatable bonds is 5. The number of benzene rings is 1. The standard InChI is InChI=1S/C19H23NO6S/c1-11-7-13(24-5)14(25-6)8-12(11)9-15-17(22)20(18(23)27-15)10-16(21)26-19(2,3)4/h7-9H,10H2,1-6H3. The van der Waals surface area contributed by atoms with Gasteiger partial charge in [0.2, 0.25) is 0 Å². The molecular weight excluding hydrogens is 370 g/mol. The minimum absolute atomic E-state index is 0.235. The van der Waals surface area contributed by atoms with Crippen LogP contribution in [0.2, 0.25) is 0 Å². The highest BCUT2D eigenvalue weighted by molar-refractivity contribution is 8.18. The SMILES string of the molecule is COc1cc(C)c(C=C2SC(=O)N(CC(=O)OC(C)(C)C)C2=O)cc1OC. The number of imide groups is 1. The quantitative estimate of drug-likeness (QED) is 0.560. The maximum Gasteiger partial charge on any atom is 0.326 e. The number of esters is 1.